The van der Waals surface area contributed by atoms with Gasteiger partial charge < -0.3 is 15.0 Å². The molecule has 0 spiro atoms. The van der Waals surface area contributed by atoms with Gasteiger partial charge in [0.2, 0.25) is 5.91 Å². The topological polar surface area (TPSA) is 65.1 Å². The normalized spacial score (nSPS) is 16.6. The van der Waals surface area contributed by atoms with Crippen molar-refractivity contribution in [2.75, 3.05) is 62.7 Å². The third-order valence-corrected chi connectivity index (χ3v) is 8.37. The van der Waals surface area contributed by atoms with Crippen LogP contribution in [0.15, 0.2) is 82.6 Å². The summed E-state index contributed by atoms with van der Waals surface area (Å²) in [4.78, 5) is 34.4. The molecule has 1 N–H and O–H groups in total. The van der Waals surface area contributed by atoms with Crippen LogP contribution in [0.5, 0.6) is 5.75 Å². The van der Waals surface area contributed by atoms with E-state index in [1.165, 1.54) is 23.0 Å². The van der Waals surface area contributed by atoms with Gasteiger partial charge in [-0.05, 0) is 67.9 Å². The Labute approximate surface area is 240 Å². The maximum Gasteiger partial charge on any atom is 0.265 e. The molecule has 8 heteroatoms. The first-order valence-electron chi connectivity index (χ1n) is 13.8. The van der Waals surface area contributed by atoms with Crippen molar-refractivity contribution in [2.24, 2.45) is 0 Å². The lowest BCUT2D eigenvalue weighted by Gasteiger charge is -2.36. The Morgan fingerprint density at radius 2 is 1.70 bits per heavy atom. The summed E-state index contributed by atoms with van der Waals surface area (Å²) in [6.07, 6.45) is 2.77. The molecule has 0 bridgehead atoms. The average Bonchev–Trinajstić information content (AvgIpc) is 2.99. The molecule has 0 saturated carbocycles. The van der Waals surface area contributed by atoms with E-state index in [1.807, 2.05) is 73.7 Å². The Morgan fingerprint density at radius 3 is 2.42 bits per heavy atom. The number of aryl methyl sites for hydroxylation is 1. The molecule has 208 valence electrons. The molecule has 0 aliphatic carbocycles. The molecular weight excluding hydrogens is 520 g/mol. The number of fused-ring (bicyclic) bond motifs is 1. The monoisotopic (exact) mass is 556 g/mol. The van der Waals surface area contributed by atoms with Crippen LogP contribution in [-0.2, 0) is 9.59 Å². The number of nitrogens with one attached hydrogen (secondary N) is 1. The Hall–Kier alpha value is -3.75. The zero-order valence-corrected chi connectivity index (χ0v) is 24.0. The van der Waals surface area contributed by atoms with Crippen LogP contribution in [0.25, 0.3) is 6.08 Å². The number of methoxy groups -OCH3 is 1. The molecule has 3 aromatic rings. The minimum absolute atomic E-state index is 0.00216. The number of piperazine rings is 1. The van der Waals surface area contributed by atoms with E-state index in [9.17, 15) is 9.59 Å². The van der Waals surface area contributed by atoms with Crippen molar-refractivity contribution in [3.63, 3.8) is 0 Å². The van der Waals surface area contributed by atoms with E-state index in [0.29, 0.717) is 11.4 Å². The quantitative estimate of drug-likeness (QED) is 0.302. The van der Waals surface area contributed by atoms with Crippen molar-refractivity contribution in [3.05, 3.63) is 88.8 Å². The standard InChI is InChI=1S/C32H36N4O3S/c1-24-8-10-25(11-9-24)22-30-32(38)36(28-6-3-4-7-29(28)40-30)23-31(37)33-16-5-17-34-18-20-35(21-19-34)26-12-14-27(39-2)15-13-26/h3-4,6-15,22H,5,16-21,23H2,1-2H3,(H,33,37). The lowest BCUT2D eigenvalue weighted by molar-refractivity contribution is -0.122. The predicted molar refractivity (Wildman–Crippen MR) is 163 cm³/mol. The number of anilines is 2. The highest BCUT2D eigenvalue weighted by Gasteiger charge is 2.30. The van der Waals surface area contributed by atoms with Gasteiger partial charge >= 0.3 is 0 Å². The summed E-state index contributed by atoms with van der Waals surface area (Å²) in [7, 11) is 1.68. The van der Waals surface area contributed by atoms with Gasteiger partial charge in [0.25, 0.3) is 5.91 Å². The van der Waals surface area contributed by atoms with Gasteiger partial charge in [-0.2, -0.15) is 0 Å². The second kappa shape index (κ2) is 13.1. The van der Waals surface area contributed by atoms with Crippen molar-refractivity contribution < 1.29 is 14.3 Å². The van der Waals surface area contributed by atoms with Crippen LogP contribution >= 0.6 is 11.8 Å². The molecule has 3 aromatic carbocycles. The van der Waals surface area contributed by atoms with Crippen molar-refractivity contribution in [2.45, 2.75) is 18.2 Å². The molecule has 0 atom stereocenters. The van der Waals surface area contributed by atoms with E-state index in [1.54, 1.807) is 12.0 Å². The van der Waals surface area contributed by atoms with Gasteiger partial charge in [0.15, 0.2) is 0 Å². The molecular formula is C32H36N4O3S. The lowest BCUT2D eigenvalue weighted by Crippen LogP contribution is -2.47. The van der Waals surface area contributed by atoms with E-state index >= 15 is 0 Å². The van der Waals surface area contributed by atoms with Gasteiger partial charge in [-0.3, -0.25) is 19.4 Å². The summed E-state index contributed by atoms with van der Waals surface area (Å²) in [5, 5.41) is 3.03. The van der Waals surface area contributed by atoms with Gasteiger partial charge in [-0.25, -0.2) is 0 Å². The lowest BCUT2D eigenvalue weighted by atomic mass is 10.1. The number of rotatable bonds is 9. The van der Waals surface area contributed by atoms with Crippen LogP contribution in [0.3, 0.4) is 0 Å². The van der Waals surface area contributed by atoms with E-state index in [0.717, 1.165) is 61.0 Å². The second-order valence-corrected chi connectivity index (χ2v) is 11.2. The van der Waals surface area contributed by atoms with Gasteiger partial charge in [0, 0.05) is 43.3 Å². The molecule has 1 fully saturated rings. The Morgan fingerprint density at radius 1 is 0.975 bits per heavy atom. The van der Waals surface area contributed by atoms with E-state index < -0.39 is 0 Å². The predicted octanol–water partition coefficient (Wildman–Crippen LogP) is 4.81. The first kappa shape index (κ1) is 27.8. The number of carbonyl (C=O) groups excluding carboxylic acids is 2. The largest absolute Gasteiger partial charge is 0.497 e. The van der Waals surface area contributed by atoms with Crippen molar-refractivity contribution in [3.8, 4) is 5.75 Å². The maximum atomic E-state index is 13.4. The molecule has 0 radical (unpaired) electrons. The Kier molecular flexibility index (Phi) is 9.08. The highest BCUT2D eigenvalue weighted by molar-refractivity contribution is 8.04. The molecule has 5 rings (SSSR count). The van der Waals surface area contributed by atoms with Crippen LogP contribution in [0.1, 0.15) is 17.5 Å². The van der Waals surface area contributed by atoms with Crippen LogP contribution in [-0.4, -0.2) is 69.6 Å². The first-order chi connectivity index (χ1) is 19.5. The smallest absolute Gasteiger partial charge is 0.265 e. The highest BCUT2D eigenvalue weighted by Crippen LogP contribution is 2.41. The zero-order chi connectivity index (χ0) is 27.9. The molecule has 40 heavy (non-hydrogen) atoms. The number of benzene rings is 3. The van der Waals surface area contributed by atoms with E-state index in [4.69, 9.17) is 4.74 Å². The number of ether oxygens (including phenoxy) is 1. The number of nitrogens with zero attached hydrogens (tertiary/aromatic N) is 3. The molecule has 0 unspecified atom stereocenters. The molecule has 2 aliphatic heterocycles. The summed E-state index contributed by atoms with van der Waals surface area (Å²) >= 11 is 1.46. The van der Waals surface area contributed by atoms with E-state index in [-0.39, 0.29) is 18.4 Å². The van der Waals surface area contributed by atoms with Crippen LogP contribution in [0.4, 0.5) is 11.4 Å². The minimum Gasteiger partial charge on any atom is -0.497 e. The summed E-state index contributed by atoms with van der Waals surface area (Å²) in [6, 6.07) is 24.1. The third kappa shape index (κ3) is 6.87. The Bertz CT molecular complexity index is 1350. The maximum absolute atomic E-state index is 13.4. The summed E-state index contributed by atoms with van der Waals surface area (Å²) in [5.41, 5.74) is 4.14. The number of thioether (sulfide) groups is 1. The van der Waals surface area contributed by atoms with Gasteiger partial charge in [0.05, 0.1) is 17.7 Å². The number of amides is 2. The summed E-state index contributed by atoms with van der Waals surface area (Å²) in [5.74, 6) is 0.583. The van der Waals surface area contributed by atoms with Crippen molar-refractivity contribution in [1.29, 1.82) is 0 Å². The molecule has 0 aromatic heterocycles. The molecule has 1 saturated heterocycles. The number of para-hydroxylation sites is 1. The average molecular weight is 557 g/mol. The van der Waals surface area contributed by atoms with E-state index in [2.05, 4.69) is 27.2 Å². The summed E-state index contributed by atoms with van der Waals surface area (Å²) in [6.45, 7) is 7.50. The number of hydrogen-bond acceptors (Lipinski definition) is 6. The molecule has 2 amide bonds. The SMILES string of the molecule is COc1ccc(N2CCN(CCCNC(=O)CN3C(=O)C(=Cc4ccc(C)cc4)Sc4ccccc43)CC2)cc1. The number of hydrogen-bond donors (Lipinski definition) is 1. The molecule has 2 heterocycles. The fraction of sp³-hybridized carbons (Fsp3) is 0.312. The van der Waals surface area contributed by atoms with Crippen molar-refractivity contribution >= 4 is 41.0 Å². The van der Waals surface area contributed by atoms with Gasteiger partial charge in [-0.1, -0.05) is 53.7 Å². The van der Waals surface area contributed by atoms with Gasteiger partial charge in [-0.15, -0.1) is 0 Å². The Balaban J connectivity index is 1.10. The van der Waals surface area contributed by atoms with Crippen LogP contribution in [0.2, 0.25) is 0 Å². The fourth-order valence-electron chi connectivity index (χ4n) is 4.99. The molecule has 2 aliphatic rings. The summed E-state index contributed by atoms with van der Waals surface area (Å²) < 4.78 is 5.26. The van der Waals surface area contributed by atoms with Crippen molar-refractivity contribution in [1.82, 2.24) is 10.2 Å². The van der Waals surface area contributed by atoms with Crippen LogP contribution < -0.4 is 19.9 Å². The second-order valence-electron chi connectivity index (χ2n) is 10.1. The minimum atomic E-state index is -0.144. The van der Waals surface area contributed by atoms with Crippen LogP contribution in [0, 0.1) is 6.92 Å². The zero-order valence-electron chi connectivity index (χ0n) is 23.1. The highest BCUT2D eigenvalue weighted by atomic mass is 32.2. The third-order valence-electron chi connectivity index (χ3n) is 7.29. The fourth-order valence-corrected chi connectivity index (χ4v) is 6.04. The van der Waals surface area contributed by atoms with Gasteiger partial charge in [0.1, 0.15) is 12.3 Å². The first-order valence-corrected chi connectivity index (χ1v) is 14.6. The number of carbonyl (C=O) groups is 2. The molecule has 7 nitrogen and oxygen atoms in total.